The van der Waals surface area contributed by atoms with Crippen LogP contribution in [0.2, 0.25) is 0 Å². The number of aryl methyl sites for hydroxylation is 3. The van der Waals surface area contributed by atoms with Crippen LogP contribution in [-0.4, -0.2) is 9.78 Å². The van der Waals surface area contributed by atoms with Gasteiger partial charge in [0.2, 0.25) is 0 Å². The smallest absolute Gasteiger partial charge is 0.101 e. The highest BCUT2D eigenvalue weighted by atomic mass is 15.3. The average Bonchev–Trinajstić information content (AvgIpc) is 2.81. The Bertz CT molecular complexity index is 603. The summed E-state index contributed by atoms with van der Waals surface area (Å²) in [6, 6.07) is 10.2. The number of aromatic nitrogens is 2. The van der Waals surface area contributed by atoms with Gasteiger partial charge in [-0.3, -0.25) is 0 Å². The van der Waals surface area contributed by atoms with E-state index in [1.807, 2.05) is 29.8 Å². The molecular formula is C15H17N3. The first-order chi connectivity index (χ1) is 8.69. The predicted octanol–water partition coefficient (Wildman–Crippen LogP) is 3.18. The van der Waals surface area contributed by atoms with E-state index in [-0.39, 0.29) is 0 Å². The molecule has 0 N–H and O–H groups in total. The van der Waals surface area contributed by atoms with Crippen LogP contribution in [-0.2, 0) is 12.8 Å². The lowest BCUT2D eigenvalue weighted by Crippen LogP contribution is -2.04. The van der Waals surface area contributed by atoms with Crippen LogP contribution in [0, 0.1) is 18.3 Å². The first-order valence-electron chi connectivity index (χ1n) is 6.28. The Balaban J connectivity index is 2.64. The molecule has 1 aromatic carbocycles. The van der Waals surface area contributed by atoms with Gasteiger partial charge in [0.1, 0.15) is 6.07 Å². The van der Waals surface area contributed by atoms with Gasteiger partial charge < -0.3 is 0 Å². The molecule has 0 radical (unpaired) electrons. The lowest BCUT2D eigenvalue weighted by molar-refractivity contribution is 0.791. The van der Waals surface area contributed by atoms with E-state index in [0.717, 1.165) is 35.5 Å². The summed E-state index contributed by atoms with van der Waals surface area (Å²) in [5, 5.41) is 13.8. The molecule has 0 atom stereocenters. The average molecular weight is 239 g/mol. The van der Waals surface area contributed by atoms with E-state index < -0.39 is 0 Å². The molecule has 0 aliphatic heterocycles. The fourth-order valence-corrected chi connectivity index (χ4v) is 2.02. The van der Waals surface area contributed by atoms with Crippen molar-refractivity contribution in [1.29, 1.82) is 5.26 Å². The molecule has 2 rings (SSSR count). The van der Waals surface area contributed by atoms with E-state index in [2.05, 4.69) is 31.1 Å². The van der Waals surface area contributed by atoms with Crippen LogP contribution in [0.25, 0.3) is 5.69 Å². The quantitative estimate of drug-likeness (QED) is 0.825. The van der Waals surface area contributed by atoms with Crippen molar-refractivity contribution >= 4 is 0 Å². The molecule has 0 spiro atoms. The van der Waals surface area contributed by atoms with Crippen LogP contribution >= 0.6 is 0 Å². The van der Waals surface area contributed by atoms with Gasteiger partial charge in [-0.25, -0.2) is 4.68 Å². The van der Waals surface area contributed by atoms with Crippen LogP contribution in [0.1, 0.15) is 36.4 Å². The molecular weight excluding hydrogens is 222 g/mol. The third-order valence-electron chi connectivity index (χ3n) is 3.06. The number of benzene rings is 1. The van der Waals surface area contributed by atoms with Crippen LogP contribution < -0.4 is 0 Å². The second kappa shape index (κ2) is 5.05. The van der Waals surface area contributed by atoms with Crippen LogP contribution in [0.3, 0.4) is 0 Å². The Morgan fingerprint density at radius 2 is 2.00 bits per heavy atom. The predicted molar refractivity (Wildman–Crippen MR) is 71.8 cm³/mol. The minimum atomic E-state index is 0.668. The maximum atomic E-state index is 9.21. The van der Waals surface area contributed by atoms with E-state index in [1.54, 1.807) is 0 Å². The second-order valence-electron chi connectivity index (χ2n) is 4.38. The summed E-state index contributed by atoms with van der Waals surface area (Å²) in [5.41, 5.74) is 4.90. The van der Waals surface area contributed by atoms with Crippen molar-refractivity contribution in [2.24, 2.45) is 0 Å². The number of hydrogen-bond acceptors (Lipinski definition) is 2. The van der Waals surface area contributed by atoms with Crippen molar-refractivity contribution in [1.82, 2.24) is 9.78 Å². The normalized spacial score (nSPS) is 10.3. The minimum absolute atomic E-state index is 0.668. The van der Waals surface area contributed by atoms with Gasteiger partial charge in [0.25, 0.3) is 0 Å². The lowest BCUT2D eigenvalue weighted by atomic mass is 10.1. The van der Waals surface area contributed by atoms with E-state index in [0.29, 0.717) is 5.56 Å². The summed E-state index contributed by atoms with van der Waals surface area (Å²) in [5.74, 6) is 0. The third kappa shape index (κ3) is 2.14. The Morgan fingerprint density at radius 1 is 1.22 bits per heavy atom. The molecule has 0 saturated carbocycles. The molecule has 0 saturated heterocycles. The monoisotopic (exact) mass is 239 g/mol. The van der Waals surface area contributed by atoms with E-state index >= 15 is 0 Å². The van der Waals surface area contributed by atoms with Gasteiger partial charge in [-0.05, 0) is 43.5 Å². The molecule has 3 heteroatoms. The fourth-order valence-electron chi connectivity index (χ4n) is 2.02. The summed E-state index contributed by atoms with van der Waals surface area (Å²) < 4.78 is 1.91. The van der Waals surface area contributed by atoms with Gasteiger partial charge in [-0.2, -0.15) is 10.4 Å². The third-order valence-corrected chi connectivity index (χ3v) is 3.06. The highest BCUT2D eigenvalue weighted by molar-refractivity contribution is 5.51. The Labute approximate surface area is 108 Å². The Kier molecular flexibility index (Phi) is 3.47. The number of nitrogens with zero attached hydrogens (tertiary/aromatic N) is 3. The molecule has 3 nitrogen and oxygen atoms in total. The van der Waals surface area contributed by atoms with Crippen molar-refractivity contribution in [3.63, 3.8) is 0 Å². The summed E-state index contributed by atoms with van der Waals surface area (Å²) in [4.78, 5) is 0. The first-order valence-corrected chi connectivity index (χ1v) is 6.28. The molecule has 2 aromatic rings. The van der Waals surface area contributed by atoms with Gasteiger partial charge in [-0.15, -0.1) is 0 Å². The van der Waals surface area contributed by atoms with E-state index in [4.69, 9.17) is 0 Å². The van der Waals surface area contributed by atoms with Crippen molar-refractivity contribution in [2.45, 2.75) is 33.6 Å². The van der Waals surface area contributed by atoms with Crippen molar-refractivity contribution < 1.29 is 0 Å². The highest BCUT2D eigenvalue weighted by Crippen LogP contribution is 2.19. The summed E-state index contributed by atoms with van der Waals surface area (Å²) in [6.07, 6.45) is 1.82. The molecule has 0 bridgehead atoms. The lowest BCUT2D eigenvalue weighted by Gasteiger charge is -2.08. The largest absolute Gasteiger partial charge is 0.236 e. The topological polar surface area (TPSA) is 41.6 Å². The van der Waals surface area contributed by atoms with E-state index in [9.17, 15) is 5.26 Å². The number of nitriles is 1. The summed E-state index contributed by atoms with van der Waals surface area (Å²) in [7, 11) is 0. The van der Waals surface area contributed by atoms with Gasteiger partial charge >= 0.3 is 0 Å². The zero-order valence-corrected chi connectivity index (χ0v) is 11.1. The molecule has 0 fully saturated rings. The molecule has 92 valence electrons. The fraction of sp³-hybridized carbons (Fsp3) is 0.333. The van der Waals surface area contributed by atoms with E-state index in [1.165, 1.54) is 0 Å². The van der Waals surface area contributed by atoms with Crippen LogP contribution in [0.5, 0.6) is 0 Å². The molecule has 0 amide bonds. The Morgan fingerprint density at radius 3 is 2.61 bits per heavy atom. The van der Waals surface area contributed by atoms with Crippen LogP contribution in [0.15, 0.2) is 24.3 Å². The zero-order chi connectivity index (χ0) is 13.1. The summed E-state index contributed by atoms with van der Waals surface area (Å²) in [6.45, 7) is 6.23. The maximum Gasteiger partial charge on any atom is 0.101 e. The zero-order valence-electron chi connectivity index (χ0n) is 11.1. The Hall–Kier alpha value is -2.08. The van der Waals surface area contributed by atoms with Gasteiger partial charge in [0, 0.05) is 5.69 Å². The maximum absolute atomic E-state index is 9.21. The van der Waals surface area contributed by atoms with Crippen LogP contribution in [0.4, 0.5) is 0 Å². The standard InChI is InChI=1S/C15H17N3/c1-4-13-9-14(5-2)18(17-13)15-8-11(3)6-7-12(15)10-16/h6-9H,4-5H2,1-3H3. The second-order valence-corrected chi connectivity index (χ2v) is 4.38. The summed E-state index contributed by atoms with van der Waals surface area (Å²) >= 11 is 0. The van der Waals surface area contributed by atoms with Gasteiger partial charge in [-0.1, -0.05) is 19.9 Å². The van der Waals surface area contributed by atoms with Gasteiger partial charge in [0.15, 0.2) is 0 Å². The SMILES string of the molecule is CCc1cc(CC)n(-c2cc(C)ccc2C#N)n1. The minimum Gasteiger partial charge on any atom is -0.236 e. The van der Waals surface area contributed by atoms with Gasteiger partial charge in [0.05, 0.1) is 16.9 Å². The first kappa shape index (κ1) is 12.4. The van der Waals surface area contributed by atoms with Crippen molar-refractivity contribution in [3.8, 4) is 11.8 Å². The number of hydrogen-bond donors (Lipinski definition) is 0. The molecule has 0 aliphatic carbocycles. The molecule has 1 heterocycles. The molecule has 0 unspecified atom stereocenters. The molecule has 1 aromatic heterocycles. The van der Waals surface area contributed by atoms with Crippen molar-refractivity contribution in [3.05, 3.63) is 46.8 Å². The van der Waals surface area contributed by atoms with Crippen molar-refractivity contribution in [2.75, 3.05) is 0 Å². The highest BCUT2D eigenvalue weighted by Gasteiger charge is 2.11. The number of rotatable bonds is 3. The molecule has 18 heavy (non-hydrogen) atoms. The molecule has 0 aliphatic rings.